The van der Waals surface area contributed by atoms with Gasteiger partial charge in [0.15, 0.2) is 0 Å². The van der Waals surface area contributed by atoms with Crippen molar-refractivity contribution in [2.75, 3.05) is 0 Å². The first-order chi connectivity index (χ1) is 7.53. The van der Waals surface area contributed by atoms with Gasteiger partial charge in [-0.25, -0.2) is 0 Å². The van der Waals surface area contributed by atoms with Gasteiger partial charge in [0.25, 0.3) is 0 Å². The molecule has 0 bridgehead atoms. The van der Waals surface area contributed by atoms with Gasteiger partial charge in [0, 0.05) is 17.0 Å². The van der Waals surface area contributed by atoms with E-state index in [1.807, 2.05) is 6.20 Å². The maximum absolute atomic E-state index is 9.86. The van der Waals surface area contributed by atoms with Crippen LogP contribution >= 0.6 is 0 Å². The van der Waals surface area contributed by atoms with Gasteiger partial charge < -0.3 is 5.11 Å². The Morgan fingerprint density at radius 3 is 1.94 bits per heavy atom. The molecule has 1 aromatic rings. The minimum atomic E-state index is -0.584. The number of aliphatic hydroxyl groups excluding tert-OH is 1. The monoisotopic (exact) mass is 236 g/mol. The van der Waals surface area contributed by atoms with Crippen LogP contribution in [-0.4, -0.2) is 15.1 Å². The predicted octanol–water partition coefficient (Wildman–Crippen LogP) is 3.12. The van der Waals surface area contributed by atoms with Crippen LogP contribution in [0.4, 0.5) is 0 Å². The highest BCUT2D eigenvalue weighted by Gasteiger charge is 2.26. The fraction of sp³-hybridized carbons (Fsp3) is 0.714. The molecule has 1 atom stereocenters. The molecule has 0 aromatic carbocycles. The molecule has 0 aliphatic heterocycles. The lowest BCUT2D eigenvalue weighted by atomic mass is 9.87. The number of hydrogen-bond donors (Lipinski definition) is 1. The molecule has 0 radical (unpaired) electrons. The van der Waals surface area contributed by atoms with Gasteiger partial charge in [-0.1, -0.05) is 41.5 Å². The fourth-order valence-electron chi connectivity index (χ4n) is 1.63. The summed E-state index contributed by atoms with van der Waals surface area (Å²) >= 11 is 0. The second-order valence-corrected chi connectivity index (χ2v) is 6.67. The van der Waals surface area contributed by atoms with Crippen molar-refractivity contribution in [2.24, 2.45) is 0 Å². The number of aliphatic hydroxyl groups is 1. The zero-order valence-corrected chi connectivity index (χ0v) is 12.0. The van der Waals surface area contributed by atoms with Crippen molar-refractivity contribution in [3.63, 3.8) is 0 Å². The van der Waals surface area contributed by atoms with E-state index >= 15 is 0 Å². The normalized spacial score (nSPS) is 14.8. The summed E-state index contributed by atoms with van der Waals surface area (Å²) < 4.78 is 0. The van der Waals surface area contributed by atoms with E-state index in [0.717, 1.165) is 11.4 Å². The van der Waals surface area contributed by atoms with Crippen molar-refractivity contribution in [1.82, 2.24) is 9.97 Å². The molecule has 0 amide bonds. The summed E-state index contributed by atoms with van der Waals surface area (Å²) in [6.45, 7) is 14.3. The summed E-state index contributed by atoms with van der Waals surface area (Å²) in [4.78, 5) is 9.11. The molecule has 1 unspecified atom stereocenters. The largest absolute Gasteiger partial charge is 0.387 e. The van der Waals surface area contributed by atoms with Crippen LogP contribution < -0.4 is 0 Å². The summed E-state index contributed by atoms with van der Waals surface area (Å²) in [5.74, 6) is 0. The quantitative estimate of drug-likeness (QED) is 0.815. The SMILES string of the molecule is CC(O)c1nc(C(C)(C)C)cnc1C(C)(C)C. The topological polar surface area (TPSA) is 46.0 Å². The Morgan fingerprint density at radius 1 is 1.06 bits per heavy atom. The highest BCUT2D eigenvalue weighted by atomic mass is 16.3. The fourth-order valence-corrected chi connectivity index (χ4v) is 1.63. The van der Waals surface area contributed by atoms with Gasteiger partial charge in [-0.2, -0.15) is 0 Å². The third kappa shape index (κ3) is 3.25. The molecule has 17 heavy (non-hydrogen) atoms. The van der Waals surface area contributed by atoms with E-state index < -0.39 is 6.10 Å². The summed E-state index contributed by atoms with van der Waals surface area (Å²) in [6.07, 6.45) is 1.24. The Morgan fingerprint density at radius 2 is 1.59 bits per heavy atom. The van der Waals surface area contributed by atoms with Crippen molar-refractivity contribution >= 4 is 0 Å². The van der Waals surface area contributed by atoms with Gasteiger partial charge in [-0.05, 0) is 6.92 Å². The molecule has 0 aliphatic rings. The third-order valence-electron chi connectivity index (χ3n) is 2.67. The van der Waals surface area contributed by atoms with E-state index in [1.54, 1.807) is 6.92 Å². The summed E-state index contributed by atoms with van der Waals surface area (Å²) in [6, 6.07) is 0. The predicted molar refractivity (Wildman–Crippen MR) is 70.1 cm³/mol. The molecule has 0 spiro atoms. The Bertz CT molecular complexity index is 398. The van der Waals surface area contributed by atoms with Gasteiger partial charge in [0.1, 0.15) is 0 Å². The number of rotatable bonds is 1. The molecule has 0 saturated heterocycles. The number of hydrogen-bond acceptors (Lipinski definition) is 3. The van der Waals surface area contributed by atoms with E-state index in [-0.39, 0.29) is 10.8 Å². The molecule has 1 rings (SSSR count). The highest BCUT2D eigenvalue weighted by Crippen LogP contribution is 2.29. The van der Waals surface area contributed by atoms with Gasteiger partial charge >= 0.3 is 0 Å². The van der Waals surface area contributed by atoms with E-state index in [0.29, 0.717) is 5.69 Å². The van der Waals surface area contributed by atoms with Crippen LogP contribution in [0.5, 0.6) is 0 Å². The smallest absolute Gasteiger partial charge is 0.0950 e. The Labute approximate surface area is 104 Å². The second-order valence-electron chi connectivity index (χ2n) is 6.67. The number of nitrogens with zero attached hydrogens (tertiary/aromatic N) is 2. The van der Waals surface area contributed by atoms with E-state index in [2.05, 4.69) is 51.5 Å². The minimum Gasteiger partial charge on any atom is -0.387 e. The van der Waals surface area contributed by atoms with Crippen LogP contribution in [0.25, 0.3) is 0 Å². The van der Waals surface area contributed by atoms with Crippen LogP contribution in [0, 0.1) is 0 Å². The first kappa shape index (κ1) is 14.1. The summed E-state index contributed by atoms with van der Waals surface area (Å²) in [5, 5.41) is 9.86. The molecule has 96 valence electrons. The Kier molecular flexibility index (Phi) is 3.63. The second kappa shape index (κ2) is 4.37. The summed E-state index contributed by atoms with van der Waals surface area (Å²) in [7, 11) is 0. The van der Waals surface area contributed by atoms with Gasteiger partial charge in [0.2, 0.25) is 0 Å². The molecule has 0 saturated carbocycles. The Hall–Kier alpha value is -0.960. The van der Waals surface area contributed by atoms with E-state index in [4.69, 9.17) is 0 Å². The molecule has 1 heterocycles. The molecule has 1 N–H and O–H groups in total. The van der Waals surface area contributed by atoms with Crippen molar-refractivity contribution in [1.29, 1.82) is 0 Å². The highest BCUT2D eigenvalue weighted by molar-refractivity contribution is 5.25. The lowest BCUT2D eigenvalue weighted by molar-refractivity contribution is 0.189. The third-order valence-corrected chi connectivity index (χ3v) is 2.67. The van der Waals surface area contributed by atoms with E-state index in [1.165, 1.54) is 0 Å². The van der Waals surface area contributed by atoms with Gasteiger partial charge in [0.05, 0.1) is 23.2 Å². The van der Waals surface area contributed by atoms with Gasteiger partial charge in [-0.15, -0.1) is 0 Å². The summed E-state index contributed by atoms with van der Waals surface area (Å²) in [5.41, 5.74) is 2.34. The zero-order chi connectivity index (χ0) is 13.4. The van der Waals surface area contributed by atoms with Crippen molar-refractivity contribution in [2.45, 2.75) is 65.4 Å². The zero-order valence-electron chi connectivity index (χ0n) is 12.0. The first-order valence-electron chi connectivity index (χ1n) is 6.09. The van der Waals surface area contributed by atoms with Crippen LogP contribution in [-0.2, 0) is 10.8 Å². The van der Waals surface area contributed by atoms with Crippen molar-refractivity contribution in [3.8, 4) is 0 Å². The molecule has 0 fully saturated rings. The molecule has 1 aromatic heterocycles. The molecule has 0 aliphatic carbocycles. The van der Waals surface area contributed by atoms with Crippen molar-refractivity contribution < 1.29 is 5.11 Å². The van der Waals surface area contributed by atoms with Crippen molar-refractivity contribution in [3.05, 3.63) is 23.3 Å². The average Bonchev–Trinajstić information content (AvgIpc) is 2.14. The maximum Gasteiger partial charge on any atom is 0.0950 e. The lowest BCUT2D eigenvalue weighted by Gasteiger charge is -2.25. The average molecular weight is 236 g/mol. The van der Waals surface area contributed by atoms with Crippen LogP contribution in [0.1, 0.15) is 71.7 Å². The maximum atomic E-state index is 9.86. The first-order valence-corrected chi connectivity index (χ1v) is 6.09. The molecule has 3 heteroatoms. The van der Waals surface area contributed by atoms with Gasteiger partial charge in [-0.3, -0.25) is 9.97 Å². The molecular formula is C14H24N2O. The number of aromatic nitrogens is 2. The molecule has 3 nitrogen and oxygen atoms in total. The minimum absolute atomic E-state index is 0.0486. The van der Waals surface area contributed by atoms with Crippen LogP contribution in [0.15, 0.2) is 6.20 Å². The van der Waals surface area contributed by atoms with Crippen LogP contribution in [0.2, 0.25) is 0 Å². The standard InChI is InChI=1S/C14H24N2O/c1-9(17)11-12(14(5,6)7)15-8-10(16-11)13(2,3)4/h8-9,17H,1-7H3. The van der Waals surface area contributed by atoms with Crippen LogP contribution in [0.3, 0.4) is 0 Å². The Balaban J connectivity index is 3.38. The molecular weight excluding hydrogens is 212 g/mol. The lowest BCUT2D eigenvalue weighted by Crippen LogP contribution is -2.23. The van der Waals surface area contributed by atoms with E-state index in [9.17, 15) is 5.11 Å².